The fraction of sp³-hybridized carbons (Fsp3) is 0.125. The van der Waals surface area contributed by atoms with Crippen LogP contribution in [0.2, 0.25) is 5.02 Å². The number of halogens is 3. The maximum absolute atomic E-state index is 13.1. The van der Waals surface area contributed by atoms with Gasteiger partial charge in [0, 0.05) is 16.8 Å². The number of rotatable bonds is 5. The van der Waals surface area contributed by atoms with Crippen LogP contribution in [-0.2, 0) is 9.59 Å². The summed E-state index contributed by atoms with van der Waals surface area (Å²) in [7, 11) is 0. The molecule has 0 aliphatic heterocycles. The lowest BCUT2D eigenvalue weighted by molar-refractivity contribution is -0.115. The van der Waals surface area contributed by atoms with Crippen molar-refractivity contribution in [1.82, 2.24) is 0 Å². The monoisotopic (exact) mass is 370 g/mol. The van der Waals surface area contributed by atoms with Crippen molar-refractivity contribution in [3.63, 3.8) is 0 Å². The molecular formula is C16H13ClF2N2O2S. The summed E-state index contributed by atoms with van der Waals surface area (Å²) in [4.78, 5) is 23.6. The van der Waals surface area contributed by atoms with Gasteiger partial charge in [-0.05, 0) is 36.4 Å². The number of carbonyl (C=O) groups excluding carboxylic acids is 2. The van der Waals surface area contributed by atoms with Gasteiger partial charge >= 0.3 is 0 Å². The lowest BCUT2D eigenvalue weighted by Crippen LogP contribution is -2.16. The number of carbonyl (C=O) groups is 2. The zero-order chi connectivity index (χ0) is 17.7. The standard InChI is InChI=1S/C16H13ClF2N2O2S/c1-9(22)20-14-5-2-10(17)6-15(14)21-16(23)8-24-11-3-4-12(18)13(19)7-11/h2-7H,8H2,1H3,(H,20,22)(H,21,23). The third-order valence-electron chi connectivity index (χ3n) is 2.83. The Kier molecular flexibility index (Phi) is 6.16. The molecule has 0 unspecified atom stereocenters. The topological polar surface area (TPSA) is 58.2 Å². The van der Waals surface area contributed by atoms with Gasteiger partial charge in [0.1, 0.15) is 0 Å². The molecule has 2 rings (SSSR count). The van der Waals surface area contributed by atoms with Crippen LogP contribution >= 0.6 is 23.4 Å². The minimum atomic E-state index is -0.969. The molecule has 2 amide bonds. The highest BCUT2D eigenvalue weighted by atomic mass is 35.5. The van der Waals surface area contributed by atoms with Gasteiger partial charge < -0.3 is 10.6 Å². The number of thioether (sulfide) groups is 1. The molecule has 24 heavy (non-hydrogen) atoms. The summed E-state index contributed by atoms with van der Waals surface area (Å²) in [5.74, 6) is -2.59. The molecule has 126 valence electrons. The van der Waals surface area contributed by atoms with Crippen LogP contribution in [0.3, 0.4) is 0 Å². The van der Waals surface area contributed by atoms with Crippen molar-refractivity contribution in [2.75, 3.05) is 16.4 Å². The zero-order valence-corrected chi connectivity index (χ0v) is 14.1. The predicted molar refractivity (Wildman–Crippen MR) is 91.5 cm³/mol. The zero-order valence-electron chi connectivity index (χ0n) is 12.5. The second-order valence-electron chi connectivity index (χ2n) is 4.78. The quantitative estimate of drug-likeness (QED) is 0.771. The number of hydrogen-bond acceptors (Lipinski definition) is 3. The van der Waals surface area contributed by atoms with E-state index in [4.69, 9.17) is 11.6 Å². The molecule has 0 spiro atoms. The summed E-state index contributed by atoms with van der Waals surface area (Å²) in [5.41, 5.74) is 0.770. The van der Waals surface area contributed by atoms with Gasteiger partial charge in [-0.3, -0.25) is 9.59 Å². The molecular weight excluding hydrogens is 358 g/mol. The van der Waals surface area contributed by atoms with Crippen molar-refractivity contribution in [1.29, 1.82) is 0 Å². The first kappa shape index (κ1) is 18.2. The minimum Gasteiger partial charge on any atom is -0.325 e. The highest BCUT2D eigenvalue weighted by molar-refractivity contribution is 8.00. The molecule has 0 fully saturated rings. The molecule has 4 nitrogen and oxygen atoms in total. The van der Waals surface area contributed by atoms with E-state index < -0.39 is 11.6 Å². The van der Waals surface area contributed by atoms with E-state index in [9.17, 15) is 18.4 Å². The molecule has 2 aromatic rings. The molecule has 0 aromatic heterocycles. The Bertz CT molecular complexity index is 787. The molecule has 2 N–H and O–H groups in total. The Morgan fingerprint density at radius 1 is 1.04 bits per heavy atom. The van der Waals surface area contributed by atoms with Crippen molar-refractivity contribution in [3.05, 3.63) is 53.1 Å². The van der Waals surface area contributed by atoms with E-state index in [-0.39, 0.29) is 17.6 Å². The average molecular weight is 371 g/mol. The van der Waals surface area contributed by atoms with E-state index >= 15 is 0 Å². The van der Waals surface area contributed by atoms with Crippen LogP contribution in [0.4, 0.5) is 20.2 Å². The van der Waals surface area contributed by atoms with Gasteiger partial charge in [-0.15, -0.1) is 11.8 Å². The van der Waals surface area contributed by atoms with Crippen molar-refractivity contribution in [2.45, 2.75) is 11.8 Å². The molecule has 0 radical (unpaired) electrons. The smallest absolute Gasteiger partial charge is 0.234 e. The second-order valence-corrected chi connectivity index (χ2v) is 6.27. The van der Waals surface area contributed by atoms with Gasteiger partial charge in [-0.1, -0.05) is 11.6 Å². The molecule has 0 atom stereocenters. The predicted octanol–water partition coefficient (Wildman–Crippen LogP) is 4.31. The van der Waals surface area contributed by atoms with Crippen LogP contribution in [-0.4, -0.2) is 17.6 Å². The number of amides is 2. The minimum absolute atomic E-state index is 0.0168. The molecule has 0 aliphatic rings. The van der Waals surface area contributed by atoms with E-state index in [2.05, 4.69) is 10.6 Å². The van der Waals surface area contributed by atoms with E-state index in [1.807, 2.05) is 0 Å². The van der Waals surface area contributed by atoms with Crippen LogP contribution in [0, 0.1) is 11.6 Å². The molecule has 0 bridgehead atoms. The second kappa shape index (κ2) is 8.12. The Hall–Kier alpha value is -2.12. The number of nitrogens with one attached hydrogen (secondary N) is 2. The summed E-state index contributed by atoms with van der Waals surface area (Å²) < 4.78 is 26.0. The van der Waals surface area contributed by atoms with E-state index in [0.717, 1.165) is 23.9 Å². The molecule has 0 saturated carbocycles. The highest BCUT2D eigenvalue weighted by Crippen LogP contribution is 2.27. The molecule has 2 aromatic carbocycles. The summed E-state index contributed by atoms with van der Waals surface area (Å²) in [6.45, 7) is 1.35. The SMILES string of the molecule is CC(=O)Nc1ccc(Cl)cc1NC(=O)CSc1ccc(F)c(F)c1. The van der Waals surface area contributed by atoms with E-state index in [0.29, 0.717) is 21.3 Å². The van der Waals surface area contributed by atoms with Crippen molar-refractivity contribution in [3.8, 4) is 0 Å². The lowest BCUT2D eigenvalue weighted by atomic mass is 10.2. The van der Waals surface area contributed by atoms with Crippen LogP contribution in [0.15, 0.2) is 41.3 Å². The summed E-state index contributed by atoms with van der Waals surface area (Å²) in [5, 5.41) is 5.61. The van der Waals surface area contributed by atoms with Crippen molar-refractivity contribution >= 4 is 46.6 Å². The van der Waals surface area contributed by atoms with Crippen molar-refractivity contribution in [2.24, 2.45) is 0 Å². The summed E-state index contributed by atoms with van der Waals surface area (Å²) in [6.07, 6.45) is 0. The lowest BCUT2D eigenvalue weighted by Gasteiger charge is -2.12. The third kappa shape index (κ3) is 5.21. The molecule has 8 heteroatoms. The van der Waals surface area contributed by atoms with Crippen LogP contribution in [0.5, 0.6) is 0 Å². The van der Waals surface area contributed by atoms with E-state index in [1.165, 1.54) is 19.1 Å². The molecule has 0 saturated heterocycles. The normalized spacial score (nSPS) is 10.3. The number of benzene rings is 2. The van der Waals surface area contributed by atoms with Crippen LogP contribution in [0.25, 0.3) is 0 Å². The Balaban J connectivity index is 2.02. The van der Waals surface area contributed by atoms with Gasteiger partial charge in [0.2, 0.25) is 11.8 Å². The summed E-state index contributed by atoms with van der Waals surface area (Å²) >= 11 is 6.95. The van der Waals surface area contributed by atoms with Gasteiger partial charge in [0.15, 0.2) is 11.6 Å². The average Bonchev–Trinajstić information content (AvgIpc) is 2.51. The van der Waals surface area contributed by atoms with Gasteiger partial charge in [-0.2, -0.15) is 0 Å². The fourth-order valence-corrected chi connectivity index (χ4v) is 2.71. The molecule has 0 heterocycles. The number of hydrogen-bond donors (Lipinski definition) is 2. The Morgan fingerprint density at radius 3 is 2.46 bits per heavy atom. The van der Waals surface area contributed by atoms with Gasteiger partial charge in [0.05, 0.1) is 17.1 Å². The van der Waals surface area contributed by atoms with Gasteiger partial charge in [0.25, 0.3) is 0 Å². The Morgan fingerprint density at radius 2 is 1.79 bits per heavy atom. The molecule has 0 aliphatic carbocycles. The first-order chi connectivity index (χ1) is 11.3. The van der Waals surface area contributed by atoms with Crippen LogP contribution < -0.4 is 10.6 Å². The first-order valence-corrected chi connectivity index (χ1v) is 8.16. The maximum atomic E-state index is 13.1. The Labute approximate surface area is 146 Å². The largest absolute Gasteiger partial charge is 0.325 e. The van der Waals surface area contributed by atoms with E-state index in [1.54, 1.807) is 12.1 Å². The fourth-order valence-electron chi connectivity index (χ4n) is 1.82. The third-order valence-corrected chi connectivity index (χ3v) is 4.06. The summed E-state index contributed by atoms with van der Waals surface area (Å²) in [6, 6.07) is 8.07. The maximum Gasteiger partial charge on any atom is 0.234 e. The van der Waals surface area contributed by atoms with Crippen LogP contribution in [0.1, 0.15) is 6.92 Å². The first-order valence-electron chi connectivity index (χ1n) is 6.80. The highest BCUT2D eigenvalue weighted by Gasteiger charge is 2.10. The van der Waals surface area contributed by atoms with Crippen molar-refractivity contribution < 1.29 is 18.4 Å². The number of anilines is 2. The van der Waals surface area contributed by atoms with Gasteiger partial charge in [-0.25, -0.2) is 8.78 Å².